The fraction of sp³-hybridized carbons (Fsp3) is 0.250. The zero-order valence-electron chi connectivity index (χ0n) is 14.7. The monoisotopic (exact) mass is 382 g/mol. The number of fused-ring (bicyclic) bond motifs is 1. The van der Waals surface area contributed by atoms with E-state index in [0.29, 0.717) is 11.4 Å². The van der Waals surface area contributed by atoms with Crippen LogP contribution in [0.1, 0.15) is 29.2 Å². The Morgan fingerprint density at radius 3 is 2.96 bits per heavy atom. The number of halogens is 2. The average molecular weight is 382 g/mol. The summed E-state index contributed by atoms with van der Waals surface area (Å²) in [5.41, 5.74) is 3.43. The van der Waals surface area contributed by atoms with Crippen LogP contribution in [0.3, 0.4) is 0 Å². The lowest BCUT2D eigenvalue weighted by Gasteiger charge is -2.14. The van der Waals surface area contributed by atoms with Gasteiger partial charge in [0, 0.05) is 17.2 Å². The van der Waals surface area contributed by atoms with Crippen molar-refractivity contribution in [1.82, 2.24) is 15.5 Å². The van der Waals surface area contributed by atoms with E-state index in [9.17, 15) is 13.9 Å². The molecule has 2 aromatic carbocycles. The second-order valence-corrected chi connectivity index (χ2v) is 6.53. The fourth-order valence-corrected chi connectivity index (χ4v) is 3.52. The zero-order chi connectivity index (χ0) is 19.7. The first-order valence-electron chi connectivity index (χ1n) is 8.77. The first-order valence-corrected chi connectivity index (χ1v) is 8.77. The van der Waals surface area contributed by atoms with Gasteiger partial charge in [-0.15, -0.1) is 0 Å². The van der Waals surface area contributed by atoms with Gasteiger partial charge in [0.15, 0.2) is 0 Å². The Balaban J connectivity index is 1.65. The zero-order valence-corrected chi connectivity index (χ0v) is 14.7. The molecule has 0 fully saturated rings. The summed E-state index contributed by atoms with van der Waals surface area (Å²) in [6, 6.07) is 11.9. The van der Waals surface area contributed by atoms with Gasteiger partial charge in [0.2, 0.25) is 5.82 Å². The Morgan fingerprint density at radius 2 is 2.18 bits per heavy atom. The summed E-state index contributed by atoms with van der Waals surface area (Å²) < 4.78 is 30.4. The molecular formula is C20H16F2N4O2. The Morgan fingerprint density at radius 1 is 1.32 bits per heavy atom. The van der Waals surface area contributed by atoms with E-state index >= 15 is 0 Å². The summed E-state index contributed by atoms with van der Waals surface area (Å²) in [4.78, 5) is 4.42. The molecule has 142 valence electrons. The summed E-state index contributed by atoms with van der Waals surface area (Å²) in [5.74, 6) is 0.511. The predicted octanol–water partition coefficient (Wildman–Crippen LogP) is 3.82. The van der Waals surface area contributed by atoms with Crippen molar-refractivity contribution >= 4 is 0 Å². The molecular weight excluding hydrogens is 366 g/mol. The third-order valence-corrected chi connectivity index (χ3v) is 4.82. The van der Waals surface area contributed by atoms with Gasteiger partial charge in [0.05, 0.1) is 12.1 Å². The van der Waals surface area contributed by atoms with Crippen molar-refractivity contribution in [2.75, 3.05) is 6.54 Å². The van der Waals surface area contributed by atoms with Crippen molar-refractivity contribution in [2.24, 2.45) is 0 Å². The van der Waals surface area contributed by atoms with Gasteiger partial charge in [-0.1, -0.05) is 23.4 Å². The number of hydrogen-bond acceptors (Lipinski definition) is 6. The number of alkyl halides is 2. The largest absolute Gasteiger partial charge is 0.507 e. The van der Waals surface area contributed by atoms with Crippen molar-refractivity contribution in [3.8, 4) is 34.7 Å². The number of hydrogen-bond donors (Lipinski definition) is 2. The second-order valence-electron chi connectivity index (χ2n) is 6.53. The van der Waals surface area contributed by atoms with E-state index < -0.39 is 6.43 Å². The number of phenolic OH excluding ortho intramolecular Hbond substituents is 1. The van der Waals surface area contributed by atoms with E-state index in [1.165, 1.54) is 12.1 Å². The number of benzene rings is 2. The van der Waals surface area contributed by atoms with Crippen molar-refractivity contribution in [1.29, 1.82) is 5.26 Å². The van der Waals surface area contributed by atoms with Crippen LogP contribution in [0.2, 0.25) is 0 Å². The summed E-state index contributed by atoms with van der Waals surface area (Å²) in [6.07, 6.45) is -0.933. The molecule has 8 heteroatoms. The Kier molecular flexibility index (Phi) is 4.75. The van der Waals surface area contributed by atoms with Crippen LogP contribution in [-0.2, 0) is 6.42 Å². The van der Waals surface area contributed by atoms with Gasteiger partial charge in [-0.3, -0.25) is 0 Å². The van der Waals surface area contributed by atoms with Crippen LogP contribution in [0.25, 0.3) is 22.8 Å². The number of nitrogens with zero attached hydrogens (tertiary/aromatic N) is 3. The third kappa shape index (κ3) is 3.32. The minimum Gasteiger partial charge on any atom is -0.507 e. The highest BCUT2D eigenvalue weighted by Crippen LogP contribution is 2.37. The number of phenols is 1. The van der Waals surface area contributed by atoms with Gasteiger partial charge >= 0.3 is 0 Å². The van der Waals surface area contributed by atoms with Crippen LogP contribution in [0.5, 0.6) is 5.75 Å². The Labute approximate surface area is 159 Å². The molecule has 4 rings (SSSR count). The first-order chi connectivity index (χ1) is 13.6. The van der Waals surface area contributed by atoms with E-state index in [4.69, 9.17) is 9.78 Å². The molecule has 6 nitrogen and oxygen atoms in total. The molecule has 0 unspecified atom stereocenters. The molecule has 0 spiro atoms. The number of rotatable bonds is 5. The van der Waals surface area contributed by atoms with Crippen molar-refractivity contribution in [2.45, 2.75) is 25.3 Å². The highest BCUT2D eigenvalue weighted by Gasteiger charge is 2.27. The number of aromatic nitrogens is 2. The maximum absolute atomic E-state index is 12.5. The highest BCUT2D eigenvalue weighted by atomic mass is 19.3. The lowest BCUT2D eigenvalue weighted by atomic mass is 10.0. The van der Waals surface area contributed by atoms with Gasteiger partial charge in [0.25, 0.3) is 12.3 Å². The van der Waals surface area contributed by atoms with Gasteiger partial charge in [0.1, 0.15) is 11.8 Å². The number of nitrogens with one attached hydrogen (secondary N) is 1. The minimum absolute atomic E-state index is 0.116. The quantitative estimate of drug-likeness (QED) is 0.697. The molecule has 0 saturated carbocycles. The van der Waals surface area contributed by atoms with Crippen molar-refractivity contribution in [3.63, 3.8) is 0 Å². The number of aromatic hydroxyl groups is 1. The first kappa shape index (κ1) is 18.1. The highest BCUT2D eigenvalue weighted by molar-refractivity contribution is 5.67. The van der Waals surface area contributed by atoms with Crippen molar-refractivity contribution < 1.29 is 18.4 Å². The molecule has 3 aromatic rings. The molecule has 0 amide bonds. The van der Waals surface area contributed by atoms with Gasteiger partial charge in [-0.05, 0) is 42.2 Å². The molecule has 0 aliphatic heterocycles. The SMILES string of the molecule is N#Cc1cc(-c2nc(-c3cccc4c3CC[C@@H]4NCC(F)F)no2)ccc1O. The lowest BCUT2D eigenvalue weighted by molar-refractivity contribution is 0.141. The van der Waals surface area contributed by atoms with E-state index in [1.54, 1.807) is 6.07 Å². The van der Waals surface area contributed by atoms with E-state index in [2.05, 4.69) is 15.5 Å². The maximum atomic E-state index is 12.5. The average Bonchev–Trinajstić information content (AvgIpc) is 3.34. The van der Waals surface area contributed by atoms with Crippen molar-refractivity contribution in [3.05, 3.63) is 53.1 Å². The van der Waals surface area contributed by atoms with E-state index in [1.807, 2.05) is 24.3 Å². The number of nitriles is 1. The fourth-order valence-electron chi connectivity index (χ4n) is 3.52. The summed E-state index contributed by atoms with van der Waals surface area (Å²) >= 11 is 0. The molecule has 0 saturated heterocycles. The van der Waals surface area contributed by atoms with Gasteiger partial charge < -0.3 is 14.9 Å². The van der Waals surface area contributed by atoms with Crippen LogP contribution < -0.4 is 5.32 Å². The molecule has 1 aliphatic carbocycles. The maximum Gasteiger partial charge on any atom is 0.258 e. The van der Waals surface area contributed by atoms with Gasteiger partial charge in [-0.25, -0.2) is 8.78 Å². The normalized spacial score (nSPS) is 15.6. The van der Waals surface area contributed by atoms with E-state index in [-0.39, 0.29) is 29.8 Å². The standard InChI is InChI=1S/C20H16F2N4O2/c21-18(22)10-24-16-6-5-13-14(16)2-1-3-15(13)19-25-20(28-26-19)11-4-7-17(27)12(8-11)9-23/h1-4,7-8,16,18,24,27H,5-6,10H2/t16-/m0/s1. The smallest absolute Gasteiger partial charge is 0.258 e. The predicted molar refractivity (Wildman–Crippen MR) is 96.6 cm³/mol. The molecule has 1 atom stereocenters. The second kappa shape index (κ2) is 7.37. The molecule has 28 heavy (non-hydrogen) atoms. The molecule has 2 N–H and O–H groups in total. The van der Waals surface area contributed by atoms with Crippen LogP contribution in [0.4, 0.5) is 8.78 Å². The molecule has 0 bridgehead atoms. The topological polar surface area (TPSA) is 95.0 Å². The third-order valence-electron chi connectivity index (χ3n) is 4.82. The Bertz CT molecular complexity index is 1060. The van der Waals surface area contributed by atoms with E-state index in [0.717, 1.165) is 29.5 Å². The Hall–Kier alpha value is -3.31. The molecule has 1 aromatic heterocycles. The minimum atomic E-state index is -2.39. The molecule has 0 radical (unpaired) electrons. The van der Waals surface area contributed by atoms with Gasteiger partial charge in [-0.2, -0.15) is 10.2 Å². The summed E-state index contributed by atoms with van der Waals surface area (Å²) in [7, 11) is 0. The van der Waals surface area contributed by atoms with Crippen LogP contribution in [0, 0.1) is 11.3 Å². The van der Waals surface area contributed by atoms with Crippen LogP contribution >= 0.6 is 0 Å². The summed E-state index contributed by atoms with van der Waals surface area (Å²) in [5, 5.41) is 25.6. The summed E-state index contributed by atoms with van der Waals surface area (Å²) in [6.45, 7) is -0.344. The lowest BCUT2D eigenvalue weighted by Crippen LogP contribution is -2.25. The van der Waals surface area contributed by atoms with Crippen LogP contribution in [0.15, 0.2) is 40.9 Å². The molecule has 1 aliphatic rings. The molecule has 1 heterocycles. The van der Waals surface area contributed by atoms with Crippen LogP contribution in [-0.4, -0.2) is 28.2 Å².